The number of alkyl halides is 3. The van der Waals surface area contributed by atoms with Crippen molar-refractivity contribution in [1.82, 2.24) is 24.2 Å². The first kappa shape index (κ1) is 26.0. The normalized spacial score (nSPS) is 13.9. The van der Waals surface area contributed by atoms with Crippen molar-refractivity contribution in [3.63, 3.8) is 0 Å². The van der Waals surface area contributed by atoms with Gasteiger partial charge in [-0.1, -0.05) is 18.9 Å². The van der Waals surface area contributed by atoms with Crippen molar-refractivity contribution in [1.29, 1.82) is 5.26 Å². The predicted octanol–water partition coefficient (Wildman–Crippen LogP) is 5.33. The Bertz CT molecular complexity index is 1670. The molecule has 39 heavy (non-hydrogen) atoms. The topological polar surface area (TPSA) is 97.6 Å². The minimum atomic E-state index is -4.65. The molecule has 2 aromatic carbocycles. The van der Waals surface area contributed by atoms with Gasteiger partial charge >= 0.3 is 17.9 Å². The van der Waals surface area contributed by atoms with Crippen molar-refractivity contribution >= 4 is 6.03 Å². The Morgan fingerprint density at radius 3 is 2.54 bits per heavy atom. The highest BCUT2D eigenvalue weighted by Crippen LogP contribution is 2.32. The smallest absolute Gasteiger partial charge is 0.335 e. The molecule has 2 aromatic heterocycles. The number of imidazole rings is 1. The van der Waals surface area contributed by atoms with Crippen LogP contribution in [0.15, 0.2) is 59.5 Å². The van der Waals surface area contributed by atoms with Crippen molar-refractivity contribution in [2.45, 2.75) is 44.8 Å². The van der Waals surface area contributed by atoms with E-state index in [1.165, 1.54) is 48.1 Å². The van der Waals surface area contributed by atoms with Crippen molar-refractivity contribution in [2.75, 3.05) is 0 Å². The lowest BCUT2D eigenvalue weighted by Gasteiger charge is -2.14. The first-order valence-electron chi connectivity index (χ1n) is 12.2. The lowest BCUT2D eigenvalue weighted by molar-refractivity contribution is -0.137. The Balaban J connectivity index is 1.73. The third kappa shape index (κ3) is 4.71. The number of hydrogen-bond acceptors (Lipinski definition) is 4. The molecule has 1 aliphatic rings. The SMILES string of the molecule is Cc1c(-c2ccnn2-c2ccc(C#N)cc2F)n(C(=O)NC2CCCC2)c(=O)n1-c1cccc(C(F)(F)F)c1. The van der Waals surface area contributed by atoms with Crippen LogP contribution in [0.2, 0.25) is 0 Å². The van der Waals surface area contributed by atoms with E-state index in [-0.39, 0.29) is 40.1 Å². The summed E-state index contributed by atoms with van der Waals surface area (Å²) >= 11 is 0. The number of rotatable bonds is 4. The van der Waals surface area contributed by atoms with Crippen LogP contribution in [0.5, 0.6) is 0 Å². The summed E-state index contributed by atoms with van der Waals surface area (Å²) in [6.07, 6.45) is 0.000708. The summed E-state index contributed by atoms with van der Waals surface area (Å²) in [5.74, 6) is -0.765. The van der Waals surface area contributed by atoms with E-state index in [9.17, 15) is 27.2 Å². The largest absolute Gasteiger partial charge is 0.416 e. The summed E-state index contributed by atoms with van der Waals surface area (Å²) in [5, 5.41) is 16.1. The molecule has 1 N–H and O–H groups in total. The molecule has 12 heteroatoms. The highest BCUT2D eigenvalue weighted by molar-refractivity contribution is 5.83. The Morgan fingerprint density at radius 1 is 1.13 bits per heavy atom. The van der Waals surface area contributed by atoms with Gasteiger partial charge in [0.2, 0.25) is 0 Å². The zero-order valence-electron chi connectivity index (χ0n) is 20.7. The van der Waals surface area contributed by atoms with Crippen LogP contribution in [0.3, 0.4) is 0 Å². The third-order valence-electron chi connectivity index (χ3n) is 6.79. The average Bonchev–Trinajstić information content (AvgIpc) is 3.63. The molecular weight excluding hydrogens is 516 g/mol. The number of carbonyl (C=O) groups is 1. The van der Waals surface area contributed by atoms with Gasteiger partial charge in [0.15, 0.2) is 0 Å². The zero-order valence-corrected chi connectivity index (χ0v) is 20.7. The molecule has 2 heterocycles. The maximum Gasteiger partial charge on any atom is 0.416 e. The molecule has 4 aromatic rings. The number of hydrogen-bond donors (Lipinski definition) is 1. The molecule has 8 nitrogen and oxygen atoms in total. The Kier molecular flexibility index (Phi) is 6.59. The molecule has 0 unspecified atom stereocenters. The predicted molar refractivity (Wildman–Crippen MR) is 133 cm³/mol. The van der Waals surface area contributed by atoms with Gasteiger partial charge < -0.3 is 5.32 Å². The molecule has 0 bridgehead atoms. The average molecular weight is 539 g/mol. The molecule has 0 atom stereocenters. The van der Waals surface area contributed by atoms with Gasteiger partial charge in [0.1, 0.15) is 17.2 Å². The fourth-order valence-electron chi connectivity index (χ4n) is 4.95. The van der Waals surface area contributed by atoms with Gasteiger partial charge in [-0.3, -0.25) is 4.57 Å². The number of nitrogens with one attached hydrogen (secondary N) is 1. The molecule has 5 rings (SSSR count). The van der Waals surface area contributed by atoms with Crippen LogP contribution in [-0.2, 0) is 6.18 Å². The van der Waals surface area contributed by atoms with E-state index >= 15 is 0 Å². The number of nitrogens with zero attached hydrogens (tertiary/aromatic N) is 5. The van der Waals surface area contributed by atoms with Crippen LogP contribution in [0.1, 0.15) is 42.5 Å². The number of aromatic nitrogens is 4. The van der Waals surface area contributed by atoms with E-state index in [4.69, 9.17) is 5.26 Å². The second-order valence-corrected chi connectivity index (χ2v) is 9.27. The van der Waals surface area contributed by atoms with E-state index in [2.05, 4.69) is 10.4 Å². The van der Waals surface area contributed by atoms with Gasteiger partial charge in [-0.05, 0) is 62.2 Å². The van der Waals surface area contributed by atoms with E-state index in [0.717, 1.165) is 53.0 Å². The van der Waals surface area contributed by atoms with E-state index in [0.29, 0.717) is 0 Å². The van der Waals surface area contributed by atoms with E-state index < -0.39 is 29.3 Å². The molecule has 0 radical (unpaired) electrons. The maximum absolute atomic E-state index is 15.0. The number of halogens is 4. The van der Waals surface area contributed by atoms with Gasteiger partial charge in [0.05, 0.1) is 40.5 Å². The van der Waals surface area contributed by atoms with Crippen LogP contribution in [-0.4, -0.2) is 31.0 Å². The first-order chi connectivity index (χ1) is 18.6. The highest BCUT2D eigenvalue weighted by Gasteiger charge is 2.32. The number of amides is 1. The Morgan fingerprint density at radius 2 is 1.87 bits per heavy atom. The second kappa shape index (κ2) is 9.90. The molecule has 0 aliphatic heterocycles. The molecule has 0 saturated heterocycles. The van der Waals surface area contributed by atoms with Crippen molar-refractivity contribution < 1.29 is 22.4 Å². The van der Waals surface area contributed by atoms with Gasteiger partial charge in [0.25, 0.3) is 0 Å². The van der Waals surface area contributed by atoms with Crippen molar-refractivity contribution in [2.24, 2.45) is 0 Å². The molecule has 0 spiro atoms. The fourth-order valence-corrected chi connectivity index (χ4v) is 4.95. The zero-order chi connectivity index (χ0) is 27.9. The van der Waals surface area contributed by atoms with Crippen LogP contribution >= 0.6 is 0 Å². The minimum absolute atomic E-state index is 0.0363. The van der Waals surface area contributed by atoms with Crippen molar-refractivity contribution in [3.05, 3.63) is 87.9 Å². The molecule has 1 amide bonds. The molecule has 1 saturated carbocycles. The Hall–Kier alpha value is -4.66. The van der Waals surface area contributed by atoms with Crippen LogP contribution in [0.25, 0.3) is 22.8 Å². The summed E-state index contributed by atoms with van der Waals surface area (Å²) in [7, 11) is 0. The van der Waals surface area contributed by atoms with Crippen LogP contribution in [0.4, 0.5) is 22.4 Å². The number of benzene rings is 2. The first-order valence-corrected chi connectivity index (χ1v) is 12.2. The third-order valence-corrected chi connectivity index (χ3v) is 6.79. The Labute approximate surface area is 219 Å². The monoisotopic (exact) mass is 538 g/mol. The standard InChI is InChI=1S/C27H22F4N6O2/c1-16-24(23-11-12-33-37(23)22-10-9-17(15-32)13-21(22)28)36(25(38)34-19-6-2-3-7-19)26(39)35(16)20-8-4-5-18(14-20)27(29,30)31/h4-5,8-14,19H,2-3,6-7H2,1H3,(H,34,38). The number of carbonyl (C=O) groups excluding carboxylic acids is 1. The summed E-state index contributed by atoms with van der Waals surface area (Å²) in [6.45, 7) is 1.49. The van der Waals surface area contributed by atoms with E-state index in [1.807, 2.05) is 6.07 Å². The summed E-state index contributed by atoms with van der Waals surface area (Å²) in [6, 6.07) is 10.4. The number of nitriles is 1. The fraction of sp³-hybridized carbons (Fsp3) is 0.259. The van der Waals surface area contributed by atoms with Crippen LogP contribution in [0, 0.1) is 24.1 Å². The lowest BCUT2D eigenvalue weighted by atomic mass is 10.1. The molecule has 1 aliphatic carbocycles. The van der Waals surface area contributed by atoms with E-state index in [1.54, 1.807) is 0 Å². The summed E-state index contributed by atoms with van der Waals surface area (Å²) < 4.78 is 58.4. The van der Waals surface area contributed by atoms with Crippen LogP contribution < -0.4 is 11.0 Å². The van der Waals surface area contributed by atoms with Gasteiger partial charge in [-0.15, -0.1) is 0 Å². The quantitative estimate of drug-likeness (QED) is 0.355. The summed E-state index contributed by atoms with van der Waals surface area (Å²) in [4.78, 5) is 27.2. The minimum Gasteiger partial charge on any atom is -0.335 e. The summed E-state index contributed by atoms with van der Waals surface area (Å²) in [5.41, 5.74) is -1.55. The molecular formula is C27H22F4N6O2. The van der Waals surface area contributed by atoms with Gasteiger partial charge in [-0.25, -0.2) is 23.2 Å². The van der Waals surface area contributed by atoms with Crippen molar-refractivity contribution in [3.8, 4) is 28.8 Å². The highest BCUT2D eigenvalue weighted by atomic mass is 19.4. The van der Waals surface area contributed by atoms with Gasteiger partial charge in [0, 0.05) is 6.04 Å². The second-order valence-electron chi connectivity index (χ2n) is 9.27. The lowest BCUT2D eigenvalue weighted by Crippen LogP contribution is -2.41. The maximum atomic E-state index is 15.0. The molecule has 1 fully saturated rings. The molecule has 200 valence electrons. The van der Waals surface area contributed by atoms with Gasteiger partial charge in [-0.2, -0.15) is 23.5 Å².